The second-order valence-corrected chi connectivity index (χ2v) is 6.85. The Kier molecular flexibility index (Phi) is 5.75. The van der Waals surface area contributed by atoms with E-state index in [9.17, 15) is 9.59 Å². The van der Waals surface area contributed by atoms with Crippen LogP contribution in [0.3, 0.4) is 0 Å². The third-order valence-electron chi connectivity index (χ3n) is 4.20. The average molecular weight is 359 g/mol. The molecule has 0 bridgehead atoms. The van der Waals surface area contributed by atoms with Gasteiger partial charge in [0.1, 0.15) is 10.8 Å². The van der Waals surface area contributed by atoms with Gasteiger partial charge in [0.25, 0.3) is 0 Å². The van der Waals surface area contributed by atoms with E-state index < -0.39 is 0 Å². The first-order valence-electron chi connectivity index (χ1n) is 8.31. The van der Waals surface area contributed by atoms with Crippen molar-refractivity contribution in [3.8, 4) is 5.75 Å². The van der Waals surface area contributed by atoms with E-state index in [-0.39, 0.29) is 17.3 Å². The van der Waals surface area contributed by atoms with Crippen LogP contribution in [0.25, 0.3) is 0 Å². The number of aryl methyl sites for hydroxylation is 1. The lowest BCUT2D eigenvalue weighted by molar-refractivity contribution is -0.118. The van der Waals surface area contributed by atoms with Gasteiger partial charge in [-0.15, -0.1) is 0 Å². The van der Waals surface area contributed by atoms with Gasteiger partial charge in [-0.25, -0.2) is 4.79 Å². The van der Waals surface area contributed by atoms with Crippen molar-refractivity contribution < 1.29 is 9.53 Å². The van der Waals surface area contributed by atoms with Crippen LogP contribution < -0.4 is 15.7 Å². The van der Waals surface area contributed by atoms with E-state index in [4.69, 9.17) is 4.74 Å². The normalized spacial score (nSPS) is 13.2. The standard InChI is InChI=1S/C18H21N3O3S/c1-24-15-9-5-2-6-12(15)10-19-16(22)11-25-17-13-7-3-4-8-14(13)20-18(23)21-17/h2,5-6,9H,3-4,7-8,10-11H2,1H3,(H,19,22)(H,20,21,23). The van der Waals surface area contributed by atoms with E-state index in [1.807, 2.05) is 24.3 Å². The molecule has 1 aliphatic carbocycles. The van der Waals surface area contributed by atoms with Gasteiger partial charge in [0.2, 0.25) is 5.91 Å². The predicted octanol–water partition coefficient (Wildman–Crippen LogP) is 2.07. The van der Waals surface area contributed by atoms with Gasteiger partial charge >= 0.3 is 5.69 Å². The number of thioether (sulfide) groups is 1. The van der Waals surface area contributed by atoms with Crippen LogP contribution in [0.15, 0.2) is 34.1 Å². The smallest absolute Gasteiger partial charge is 0.346 e. The molecule has 0 spiro atoms. The van der Waals surface area contributed by atoms with E-state index in [2.05, 4.69) is 15.3 Å². The Labute approximate surface area is 150 Å². The van der Waals surface area contributed by atoms with Crippen molar-refractivity contribution in [1.82, 2.24) is 15.3 Å². The van der Waals surface area contributed by atoms with Gasteiger partial charge in [-0.05, 0) is 31.7 Å². The number of carbonyl (C=O) groups excluding carboxylic acids is 1. The molecule has 0 unspecified atom stereocenters. The summed E-state index contributed by atoms with van der Waals surface area (Å²) in [5, 5.41) is 3.57. The Hall–Kier alpha value is -2.28. The molecule has 25 heavy (non-hydrogen) atoms. The Morgan fingerprint density at radius 2 is 2.12 bits per heavy atom. The minimum Gasteiger partial charge on any atom is -0.496 e. The van der Waals surface area contributed by atoms with Crippen molar-refractivity contribution >= 4 is 17.7 Å². The highest BCUT2D eigenvalue weighted by Gasteiger charge is 2.17. The molecule has 0 saturated carbocycles. The molecule has 2 aromatic rings. The number of methoxy groups -OCH3 is 1. The number of ether oxygens (including phenoxy) is 1. The summed E-state index contributed by atoms with van der Waals surface area (Å²) in [5.41, 5.74) is 2.66. The molecular formula is C18H21N3O3S. The fourth-order valence-corrected chi connectivity index (χ4v) is 3.86. The number of fused-ring (bicyclic) bond motifs is 1. The van der Waals surface area contributed by atoms with Crippen molar-refractivity contribution in [3.05, 3.63) is 51.6 Å². The van der Waals surface area contributed by atoms with Gasteiger partial charge < -0.3 is 15.0 Å². The Bertz CT molecular complexity index is 819. The maximum absolute atomic E-state index is 12.2. The average Bonchev–Trinajstić information content (AvgIpc) is 2.64. The van der Waals surface area contributed by atoms with E-state index in [0.717, 1.165) is 48.3 Å². The Morgan fingerprint density at radius 3 is 2.96 bits per heavy atom. The molecule has 6 nitrogen and oxygen atoms in total. The number of carbonyl (C=O) groups is 1. The van der Waals surface area contributed by atoms with E-state index in [0.29, 0.717) is 11.6 Å². The second-order valence-electron chi connectivity index (χ2n) is 5.89. The number of H-pyrrole nitrogens is 1. The number of hydrogen-bond acceptors (Lipinski definition) is 5. The van der Waals surface area contributed by atoms with Gasteiger partial charge in [-0.2, -0.15) is 4.98 Å². The molecule has 0 fully saturated rings. The Balaban J connectivity index is 1.59. The molecule has 0 saturated heterocycles. The van der Waals surface area contributed by atoms with Crippen molar-refractivity contribution in [1.29, 1.82) is 0 Å². The van der Waals surface area contributed by atoms with Crippen molar-refractivity contribution in [2.24, 2.45) is 0 Å². The predicted molar refractivity (Wildman–Crippen MR) is 97.1 cm³/mol. The van der Waals surface area contributed by atoms with Gasteiger partial charge in [0, 0.05) is 23.4 Å². The molecule has 132 valence electrons. The first-order chi connectivity index (χ1) is 12.2. The van der Waals surface area contributed by atoms with Gasteiger partial charge in [0.15, 0.2) is 0 Å². The molecule has 7 heteroatoms. The molecule has 3 rings (SSSR count). The summed E-state index contributed by atoms with van der Waals surface area (Å²) in [6.45, 7) is 0.407. The van der Waals surface area contributed by atoms with Crippen LogP contribution in [0.2, 0.25) is 0 Å². The quantitative estimate of drug-likeness (QED) is 0.609. The first kappa shape index (κ1) is 17.5. The summed E-state index contributed by atoms with van der Waals surface area (Å²) >= 11 is 1.33. The number of para-hydroxylation sites is 1. The molecule has 2 N–H and O–H groups in total. The van der Waals surface area contributed by atoms with Gasteiger partial charge in [-0.1, -0.05) is 30.0 Å². The molecule has 1 aromatic heterocycles. The summed E-state index contributed by atoms with van der Waals surface area (Å²) in [5.74, 6) is 0.890. The van der Waals surface area contributed by atoms with Crippen molar-refractivity contribution in [3.63, 3.8) is 0 Å². The summed E-state index contributed by atoms with van der Waals surface area (Å²) in [6.07, 6.45) is 3.95. The Morgan fingerprint density at radius 1 is 1.32 bits per heavy atom. The highest BCUT2D eigenvalue weighted by atomic mass is 32.2. The van der Waals surface area contributed by atoms with Crippen LogP contribution in [0, 0.1) is 0 Å². The molecule has 0 radical (unpaired) electrons. The fourth-order valence-electron chi connectivity index (χ4n) is 2.94. The molecule has 0 atom stereocenters. The van der Waals surface area contributed by atoms with Gasteiger partial charge in [0.05, 0.1) is 12.9 Å². The van der Waals surface area contributed by atoms with Crippen LogP contribution in [0.5, 0.6) is 5.75 Å². The number of nitrogens with one attached hydrogen (secondary N) is 2. The zero-order chi connectivity index (χ0) is 17.6. The van der Waals surface area contributed by atoms with E-state index in [1.165, 1.54) is 11.8 Å². The summed E-state index contributed by atoms with van der Waals surface area (Å²) < 4.78 is 5.28. The number of aromatic nitrogens is 2. The number of benzene rings is 1. The third kappa shape index (κ3) is 4.42. The maximum Gasteiger partial charge on any atom is 0.346 e. The molecular weight excluding hydrogens is 338 g/mol. The zero-order valence-electron chi connectivity index (χ0n) is 14.1. The summed E-state index contributed by atoms with van der Waals surface area (Å²) in [4.78, 5) is 30.7. The molecule has 1 heterocycles. The van der Waals surface area contributed by atoms with Crippen LogP contribution in [0.1, 0.15) is 29.7 Å². The minimum atomic E-state index is -0.336. The molecule has 1 aliphatic rings. The first-order valence-corrected chi connectivity index (χ1v) is 9.29. The van der Waals surface area contributed by atoms with Crippen LogP contribution >= 0.6 is 11.8 Å². The largest absolute Gasteiger partial charge is 0.496 e. The molecule has 0 aliphatic heterocycles. The number of aromatic amines is 1. The lowest BCUT2D eigenvalue weighted by Gasteiger charge is -2.17. The lowest BCUT2D eigenvalue weighted by atomic mass is 9.98. The molecule has 1 amide bonds. The topological polar surface area (TPSA) is 84.1 Å². The summed E-state index contributed by atoms with van der Waals surface area (Å²) in [6, 6.07) is 7.58. The maximum atomic E-state index is 12.2. The SMILES string of the molecule is COc1ccccc1CNC(=O)CSc1nc(=O)[nH]c2c1CCCC2. The van der Waals surface area contributed by atoms with Crippen LogP contribution in [0.4, 0.5) is 0 Å². The third-order valence-corrected chi connectivity index (χ3v) is 5.21. The van der Waals surface area contributed by atoms with E-state index >= 15 is 0 Å². The number of amides is 1. The number of rotatable bonds is 6. The monoisotopic (exact) mass is 359 g/mol. The molecule has 1 aromatic carbocycles. The van der Waals surface area contributed by atoms with Crippen molar-refractivity contribution in [2.75, 3.05) is 12.9 Å². The highest BCUT2D eigenvalue weighted by molar-refractivity contribution is 7.99. The van der Waals surface area contributed by atoms with Crippen LogP contribution in [-0.4, -0.2) is 28.7 Å². The van der Waals surface area contributed by atoms with Crippen LogP contribution in [-0.2, 0) is 24.2 Å². The van der Waals surface area contributed by atoms with Crippen molar-refractivity contribution in [2.45, 2.75) is 37.3 Å². The number of hydrogen-bond donors (Lipinski definition) is 2. The van der Waals surface area contributed by atoms with Gasteiger partial charge in [-0.3, -0.25) is 4.79 Å². The minimum absolute atomic E-state index is 0.0949. The second kappa shape index (κ2) is 8.20. The highest BCUT2D eigenvalue weighted by Crippen LogP contribution is 2.27. The summed E-state index contributed by atoms with van der Waals surface area (Å²) in [7, 11) is 1.61. The lowest BCUT2D eigenvalue weighted by Crippen LogP contribution is -2.25. The zero-order valence-corrected chi connectivity index (χ0v) is 14.9. The van der Waals surface area contributed by atoms with E-state index in [1.54, 1.807) is 7.11 Å². The fraction of sp³-hybridized carbons (Fsp3) is 0.389. The number of nitrogens with zero attached hydrogens (tertiary/aromatic N) is 1.